The van der Waals surface area contributed by atoms with E-state index in [4.69, 9.17) is 27.9 Å². The van der Waals surface area contributed by atoms with Crippen LogP contribution >= 0.6 is 23.2 Å². The highest BCUT2D eigenvalue weighted by Crippen LogP contribution is 2.26. The number of nitrogens with one attached hydrogen (secondary N) is 1. The maximum atomic E-state index is 12.1. The molecule has 3 aromatic rings. The first kappa shape index (κ1) is 21.3. The number of benzene rings is 3. The molecule has 0 unspecified atom stereocenters. The Morgan fingerprint density at radius 1 is 1.10 bits per heavy atom. The highest BCUT2D eigenvalue weighted by molar-refractivity contribution is 6.32. The molecule has 0 saturated heterocycles. The molecule has 30 heavy (non-hydrogen) atoms. The molecule has 0 atom stereocenters. The number of rotatable bonds is 7. The van der Waals surface area contributed by atoms with Crippen LogP contribution in [-0.4, -0.2) is 17.0 Å². The summed E-state index contributed by atoms with van der Waals surface area (Å²) >= 11 is 12.1. The van der Waals surface area contributed by atoms with Gasteiger partial charge in [-0.2, -0.15) is 5.10 Å². The molecule has 0 aromatic heterocycles. The van der Waals surface area contributed by atoms with Gasteiger partial charge in [0.15, 0.2) is 0 Å². The van der Waals surface area contributed by atoms with Crippen molar-refractivity contribution in [2.24, 2.45) is 5.10 Å². The van der Waals surface area contributed by atoms with Crippen molar-refractivity contribution in [3.63, 3.8) is 0 Å². The zero-order valence-corrected chi connectivity index (χ0v) is 16.9. The molecule has 0 heterocycles. The minimum Gasteiger partial charge on any atom is -0.487 e. The van der Waals surface area contributed by atoms with Crippen LogP contribution in [0.5, 0.6) is 5.75 Å². The van der Waals surface area contributed by atoms with Crippen molar-refractivity contribution in [1.29, 1.82) is 0 Å². The second kappa shape index (κ2) is 9.87. The van der Waals surface area contributed by atoms with Gasteiger partial charge in [-0.25, -0.2) is 5.43 Å². The largest absolute Gasteiger partial charge is 0.487 e. The van der Waals surface area contributed by atoms with Crippen LogP contribution in [0.2, 0.25) is 10.0 Å². The van der Waals surface area contributed by atoms with E-state index in [1.54, 1.807) is 30.3 Å². The Morgan fingerprint density at radius 2 is 1.87 bits per heavy atom. The predicted molar refractivity (Wildman–Crippen MR) is 115 cm³/mol. The zero-order chi connectivity index (χ0) is 21.5. The van der Waals surface area contributed by atoms with Crippen LogP contribution in [-0.2, 0) is 6.61 Å². The van der Waals surface area contributed by atoms with Crippen molar-refractivity contribution in [1.82, 2.24) is 5.43 Å². The Morgan fingerprint density at radius 3 is 2.57 bits per heavy atom. The van der Waals surface area contributed by atoms with Crippen molar-refractivity contribution in [2.75, 3.05) is 0 Å². The summed E-state index contributed by atoms with van der Waals surface area (Å²) in [5.74, 6) is -0.0617. The van der Waals surface area contributed by atoms with Gasteiger partial charge in [-0.05, 0) is 47.5 Å². The van der Waals surface area contributed by atoms with Crippen molar-refractivity contribution in [3.8, 4) is 5.75 Å². The molecule has 0 saturated carbocycles. The molecule has 0 radical (unpaired) electrons. The Balaban J connectivity index is 1.59. The third-order valence-electron chi connectivity index (χ3n) is 3.96. The van der Waals surface area contributed by atoms with Gasteiger partial charge >= 0.3 is 0 Å². The number of ether oxygens (including phenoxy) is 1. The third-order valence-corrected chi connectivity index (χ3v) is 4.51. The molecule has 1 N–H and O–H groups in total. The predicted octanol–water partition coefficient (Wildman–Crippen LogP) is 5.24. The van der Waals surface area contributed by atoms with E-state index in [1.165, 1.54) is 30.5 Å². The van der Waals surface area contributed by atoms with Crippen molar-refractivity contribution >= 4 is 41.0 Å². The number of amides is 1. The minimum absolute atomic E-state index is 0.130. The number of hydrazone groups is 1. The molecule has 3 aromatic carbocycles. The van der Waals surface area contributed by atoms with E-state index in [2.05, 4.69) is 10.5 Å². The van der Waals surface area contributed by atoms with Gasteiger partial charge in [-0.3, -0.25) is 14.9 Å². The van der Waals surface area contributed by atoms with Gasteiger partial charge in [0.2, 0.25) is 0 Å². The molecule has 1 amide bonds. The monoisotopic (exact) mass is 443 g/mol. The molecule has 0 aliphatic rings. The van der Waals surface area contributed by atoms with Crippen LogP contribution in [0.3, 0.4) is 0 Å². The second-order valence-corrected chi connectivity index (χ2v) is 6.96. The lowest BCUT2D eigenvalue weighted by Crippen LogP contribution is -2.17. The molecule has 0 aliphatic carbocycles. The first-order chi connectivity index (χ1) is 14.4. The fraction of sp³-hybridized carbons (Fsp3) is 0.0476. The van der Waals surface area contributed by atoms with Gasteiger partial charge in [-0.1, -0.05) is 41.4 Å². The number of nitro benzene ring substituents is 1. The molecule has 0 bridgehead atoms. The quantitative estimate of drug-likeness (QED) is 0.306. The van der Waals surface area contributed by atoms with E-state index in [-0.39, 0.29) is 11.3 Å². The molecule has 0 aliphatic heterocycles. The SMILES string of the molecule is O=C(N/N=C\c1ccc(OCc2ccc(Cl)cc2)c(Cl)c1)c1cccc([N+](=O)[O-])c1. The van der Waals surface area contributed by atoms with E-state index in [0.29, 0.717) is 28.0 Å². The lowest BCUT2D eigenvalue weighted by Gasteiger charge is -2.08. The van der Waals surface area contributed by atoms with Crippen LogP contribution in [0.15, 0.2) is 71.8 Å². The molecule has 9 heteroatoms. The topological polar surface area (TPSA) is 93.8 Å². The minimum atomic E-state index is -0.571. The fourth-order valence-electron chi connectivity index (χ4n) is 2.45. The summed E-state index contributed by atoms with van der Waals surface area (Å²) in [6, 6.07) is 17.7. The van der Waals surface area contributed by atoms with Crippen molar-refractivity contribution in [2.45, 2.75) is 6.61 Å². The van der Waals surface area contributed by atoms with Gasteiger partial charge in [0.05, 0.1) is 16.2 Å². The van der Waals surface area contributed by atoms with Crippen LogP contribution in [0.25, 0.3) is 0 Å². The summed E-state index contributed by atoms with van der Waals surface area (Å²) in [6.45, 7) is 0.337. The summed E-state index contributed by atoms with van der Waals surface area (Å²) < 4.78 is 5.70. The Hall–Kier alpha value is -3.42. The highest BCUT2D eigenvalue weighted by Gasteiger charge is 2.10. The van der Waals surface area contributed by atoms with E-state index in [9.17, 15) is 14.9 Å². The number of non-ortho nitro benzene ring substituents is 1. The standard InChI is InChI=1S/C21H15Cl2N3O4/c22-17-7-4-14(5-8-17)13-30-20-9-6-15(10-19(20)23)12-24-25-21(27)16-2-1-3-18(11-16)26(28)29/h1-12H,13H2,(H,25,27)/b24-12-. The van der Waals surface area contributed by atoms with E-state index < -0.39 is 10.8 Å². The smallest absolute Gasteiger partial charge is 0.271 e. The van der Waals surface area contributed by atoms with Gasteiger partial charge in [0, 0.05) is 22.7 Å². The summed E-state index contributed by atoms with van der Waals surface area (Å²) in [5, 5.41) is 15.7. The lowest BCUT2D eigenvalue weighted by molar-refractivity contribution is -0.384. The summed E-state index contributed by atoms with van der Waals surface area (Å²) in [7, 11) is 0. The second-order valence-electron chi connectivity index (χ2n) is 6.11. The number of hydrogen-bond donors (Lipinski definition) is 1. The van der Waals surface area contributed by atoms with Crippen LogP contribution in [0.4, 0.5) is 5.69 Å². The number of nitrogens with zero attached hydrogens (tertiary/aromatic N) is 2. The molecule has 0 spiro atoms. The normalized spacial score (nSPS) is 10.7. The average Bonchev–Trinajstić information content (AvgIpc) is 2.74. The number of hydrogen-bond acceptors (Lipinski definition) is 5. The number of carbonyl (C=O) groups excluding carboxylic acids is 1. The highest BCUT2D eigenvalue weighted by atomic mass is 35.5. The molecule has 152 valence electrons. The van der Waals surface area contributed by atoms with Gasteiger partial charge in [0.1, 0.15) is 12.4 Å². The fourth-order valence-corrected chi connectivity index (χ4v) is 2.82. The van der Waals surface area contributed by atoms with Crippen LogP contribution in [0, 0.1) is 10.1 Å². The zero-order valence-electron chi connectivity index (χ0n) is 15.4. The average molecular weight is 444 g/mol. The van der Waals surface area contributed by atoms with Gasteiger partial charge in [0.25, 0.3) is 11.6 Å². The van der Waals surface area contributed by atoms with Crippen molar-refractivity contribution < 1.29 is 14.5 Å². The Labute approximate surface area is 182 Å². The summed E-state index contributed by atoms with van der Waals surface area (Å²) in [5.41, 5.74) is 3.86. The maximum absolute atomic E-state index is 12.1. The van der Waals surface area contributed by atoms with Crippen LogP contribution in [0.1, 0.15) is 21.5 Å². The first-order valence-corrected chi connectivity index (χ1v) is 9.42. The first-order valence-electron chi connectivity index (χ1n) is 8.67. The molecular weight excluding hydrogens is 429 g/mol. The maximum Gasteiger partial charge on any atom is 0.271 e. The van der Waals surface area contributed by atoms with E-state index in [1.807, 2.05) is 12.1 Å². The number of carbonyl (C=O) groups is 1. The summed E-state index contributed by atoms with van der Waals surface area (Å²) in [4.78, 5) is 22.3. The lowest BCUT2D eigenvalue weighted by atomic mass is 10.2. The molecule has 3 rings (SSSR count). The molecule has 7 nitrogen and oxygen atoms in total. The molecule has 0 fully saturated rings. The summed E-state index contributed by atoms with van der Waals surface area (Å²) in [6.07, 6.45) is 1.41. The third kappa shape index (κ3) is 5.79. The van der Waals surface area contributed by atoms with Crippen LogP contribution < -0.4 is 10.2 Å². The van der Waals surface area contributed by atoms with Gasteiger partial charge < -0.3 is 4.74 Å². The Bertz CT molecular complexity index is 1100. The number of nitro groups is 1. The van der Waals surface area contributed by atoms with E-state index in [0.717, 1.165) is 5.56 Å². The molecular formula is C21H15Cl2N3O4. The van der Waals surface area contributed by atoms with Crippen molar-refractivity contribution in [3.05, 3.63) is 104 Å². The number of halogens is 2. The Kier molecular flexibility index (Phi) is 7.00. The van der Waals surface area contributed by atoms with Gasteiger partial charge in [-0.15, -0.1) is 0 Å². The van der Waals surface area contributed by atoms with E-state index >= 15 is 0 Å².